The molecule has 0 unspecified atom stereocenters. The Morgan fingerprint density at radius 2 is 1.69 bits per heavy atom. The van der Waals surface area contributed by atoms with Gasteiger partial charge < -0.3 is 50.4 Å². The molecule has 368 valence electrons. The highest BCUT2D eigenvalue weighted by atomic mass is 79.9. The van der Waals surface area contributed by atoms with Crippen LogP contribution in [0, 0.1) is 18.3 Å². The van der Waals surface area contributed by atoms with Gasteiger partial charge >= 0.3 is 0 Å². The number of anilines is 3. The van der Waals surface area contributed by atoms with Gasteiger partial charge in [-0.1, -0.05) is 51.5 Å². The lowest BCUT2D eigenvalue weighted by atomic mass is 9.84. The molecule has 0 spiro atoms. The Hall–Kier alpha value is -5.21. The lowest BCUT2D eigenvalue weighted by molar-refractivity contribution is -0.144. The Labute approximate surface area is 411 Å². The van der Waals surface area contributed by atoms with Crippen LogP contribution in [-0.4, -0.2) is 131 Å². The zero-order valence-electron chi connectivity index (χ0n) is 39.7. The highest BCUT2D eigenvalue weighted by Crippen LogP contribution is 2.30. The molecule has 17 nitrogen and oxygen atoms in total. The molecule has 5 N–H and O–H groups in total. The van der Waals surface area contributed by atoms with Gasteiger partial charge in [-0.15, -0.1) is 11.3 Å². The van der Waals surface area contributed by atoms with Gasteiger partial charge in [0.05, 0.1) is 33.3 Å². The molecule has 1 saturated carbocycles. The number of likely N-dealkylation sites (tertiary alicyclic amines) is 1. The predicted molar refractivity (Wildman–Crippen MR) is 266 cm³/mol. The Balaban J connectivity index is 0.823. The number of aromatic nitrogens is 3. The number of rotatable bonds is 25. The van der Waals surface area contributed by atoms with Crippen LogP contribution < -0.4 is 26.0 Å². The van der Waals surface area contributed by atoms with Crippen molar-refractivity contribution in [1.82, 2.24) is 35.4 Å². The monoisotopic (exact) mass is 1020 g/mol. The van der Waals surface area contributed by atoms with Gasteiger partial charge in [0.2, 0.25) is 29.6 Å². The van der Waals surface area contributed by atoms with E-state index in [1.165, 1.54) is 4.90 Å². The molecule has 1 saturated heterocycles. The van der Waals surface area contributed by atoms with Crippen molar-refractivity contribution >= 4 is 68.3 Å². The van der Waals surface area contributed by atoms with E-state index in [0.29, 0.717) is 57.5 Å². The summed E-state index contributed by atoms with van der Waals surface area (Å²) in [6.45, 7) is 10.6. The molecule has 4 aromatic rings. The van der Waals surface area contributed by atoms with E-state index >= 15 is 0 Å². The van der Waals surface area contributed by atoms with Crippen LogP contribution >= 0.6 is 27.3 Å². The van der Waals surface area contributed by atoms with Crippen LogP contribution in [0.1, 0.15) is 77.0 Å². The van der Waals surface area contributed by atoms with Crippen LogP contribution in [0.3, 0.4) is 0 Å². The average molecular weight is 1020 g/mol. The maximum absolute atomic E-state index is 13.9. The summed E-state index contributed by atoms with van der Waals surface area (Å²) >= 11 is 5.09. The topological polar surface area (TPSA) is 209 Å². The zero-order chi connectivity index (χ0) is 48.6. The van der Waals surface area contributed by atoms with Crippen LogP contribution in [0.15, 0.2) is 64.7 Å². The number of β-amino-alcohol motifs (C(OH)–C–C–N with tert-alkyl or cyclic N) is 1. The van der Waals surface area contributed by atoms with E-state index in [-0.39, 0.29) is 50.5 Å². The summed E-state index contributed by atoms with van der Waals surface area (Å²) in [5.74, 6) is 1.04. The molecular formula is C49H66BrN9O8S. The summed E-state index contributed by atoms with van der Waals surface area (Å²) in [6.07, 6.45) is 6.15. The Morgan fingerprint density at radius 3 is 2.37 bits per heavy atom. The number of amides is 4. The van der Waals surface area contributed by atoms with Crippen molar-refractivity contribution in [3.05, 3.63) is 76.0 Å². The molecule has 3 atom stereocenters. The molecule has 0 bridgehead atoms. The number of hydrogen-bond acceptors (Lipinski definition) is 14. The number of aliphatic hydroxyl groups is 1. The molecule has 2 aliphatic rings. The molecule has 68 heavy (non-hydrogen) atoms. The van der Waals surface area contributed by atoms with Gasteiger partial charge in [0.1, 0.15) is 30.3 Å². The molecule has 2 fully saturated rings. The van der Waals surface area contributed by atoms with Crippen molar-refractivity contribution in [3.63, 3.8) is 0 Å². The summed E-state index contributed by atoms with van der Waals surface area (Å²) in [5, 5.41) is 22.9. The van der Waals surface area contributed by atoms with Crippen molar-refractivity contribution in [3.8, 4) is 16.2 Å². The molecular weight excluding hydrogens is 955 g/mol. The minimum Gasteiger partial charge on any atom is -0.494 e. The molecule has 19 heteroatoms. The number of carbonyl (C=O) groups is 4. The summed E-state index contributed by atoms with van der Waals surface area (Å²) in [4.78, 5) is 70.4. The zero-order valence-corrected chi connectivity index (χ0v) is 42.1. The quantitative estimate of drug-likeness (QED) is 0.0451. The van der Waals surface area contributed by atoms with Crippen molar-refractivity contribution in [1.29, 1.82) is 0 Å². The van der Waals surface area contributed by atoms with Crippen LogP contribution in [0.2, 0.25) is 0 Å². The van der Waals surface area contributed by atoms with E-state index in [0.717, 1.165) is 63.3 Å². The third-order valence-corrected chi connectivity index (χ3v) is 13.4. The smallest absolute Gasteiger partial charge is 0.246 e. The van der Waals surface area contributed by atoms with Crippen molar-refractivity contribution < 1.29 is 38.5 Å². The maximum atomic E-state index is 13.9. The fourth-order valence-electron chi connectivity index (χ4n) is 7.78. The molecule has 1 aliphatic carbocycles. The largest absolute Gasteiger partial charge is 0.494 e. The normalized spacial score (nSPS) is 16.4. The molecule has 4 amide bonds. The summed E-state index contributed by atoms with van der Waals surface area (Å²) in [6, 6.07) is 13.6. The highest BCUT2D eigenvalue weighted by molar-refractivity contribution is 9.10. The second-order valence-corrected chi connectivity index (χ2v) is 20.1. The second-order valence-electron chi connectivity index (χ2n) is 18.4. The average Bonchev–Trinajstić information content (AvgIpc) is 3.92. The van der Waals surface area contributed by atoms with Crippen molar-refractivity contribution in [2.75, 3.05) is 70.3 Å². The summed E-state index contributed by atoms with van der Waals surface area (Å²) in [7, 11) is 1.87. The lowest BCUT2D eigenvalue weighted by Gasteiger charge is -2.35. The third kappa shape index (κ3) is 15.4. The second kappa shape index (κ2) is 25.4. The number of nitrogens with zero attached hydrogens (tertiary/aromatic N) is 5. The lowest BCUT2D eigenvalue weighted by Crippen LogP contribution is -2.58. The first-order valence-corrected chi connectivity index (χ1v) is 25.0. The van der Waals surface area contributed by atoms with Crippen molar-refractivity contribution in [2.24, 2.45) is 11.3 Å². The van der Waals surface area contributed by atoms with Gasteiger partial charge in [-0.2, -0.15) is 4.98 Å². The van der Waals surface area contributed by atoms with E-state index in [9.17, 15) is 24.3 Å². The standard InChI is InChI=1S/C49H66BrN9O8S/c1-32-42(68-31-54-32)34-14-12-33(13-15-34)27-52-45(62)40-26-37(60)29-59(40)47(64)43(49(2,3)4)56-41(61)30-66-24-8-22-65-23-9-25-67-38-18-16-36(17-19-38)55-48-53-28-39(50)44(57-48)51-20-7-21-58(5)46(63)35-10-6-11-35/h12-19,28,31,35,37,40,43,60H,6-11,20-27,29-30H2,1-5H3,(H,52,62)(H,56,61)(H2,51,53,55,57)/t37-,40+,43-/m1/s1. The minimum absolute atomic E-state index is 0.00815. The maximum Gasteiger partial charge on any atom is 0.246 e. The van der Waals surface area contributed by atoms with E-state index in [4.69, 9.17) is 14.2 Å². The highest BCUT2D eigenvalue weighted by Gasteiger charge is 2.44. The van der Waals surface area contributed by atoms with Crippen LogP contribution in [0.5, 0.6) is 5.75 Å². The minimum atomic E-state index is -0.949. The molecule has 1 aliphatic heterocycles. The van der Waals surface area contributed by atoms with E-state index < -0.39 is 35.4 Å². The number of aliphatic hydroxyl groups excluding tert-OH is 1. The summed E-state index contributed by atoms with van der Waals surface area (Å²) in [5.41, 5.74) is 4.85. The van der Waals surface area contributed by atoms with Crippen LogP contribution in [0.4, 0.5) is 17.5 Å². The third-order valence-electron chi connectivity index (χ3n) is 11.9. The fourth-order valence-corrected chi connectivity index (χ4v) is 8.92. The predicted octanol–water partition coefficient (Wildman–Crippen LogP) is 6.48. The summed E-state index contributed by atoms with van der Waals surface area (Å²) < 4.78 is 18.0. The van der Waals surface area contributed by atoms with Gasteiger partial charge in [-0.25, -0.2) is 9.97 Å². The molecule has 2 aromatic carbocycles. The van der Waals surface area contributed by atoms with Gasteiger partial charge in [0.25, 0.3) is 0 Å². The van der Waals surface area contributed by atoms with Gasteiger partial charge in [0, 0.05) is 83.7 Å². The van der Waals surface area contributed by atoms with Crippen LogP contribution in [-0.2, 0) is 35.2 Å². The van der Waals surface area contributed by atoms with E-state index in [2.05, 4.69) is 52.1 Å². The number of benzene rings is 2. The number of carbonyl (C=O) groups excluding carboxylic acids is 4. The van der Waals surface area contributed by atoms with Gasteiger partial charge in [-0.3, -0.25) is 19.2 Å². The van der Waals surface area contributed by atoms with Gasteiger partial charge in [0.15, 0.2) is 0 Å². The van der Waals surface area contributed by atoms with E-state index in [1.54, 1.807) is 17.5 Å². The number of hydrogen-bond donors (Lipinski definition) is 5. The number of aryl methyl sites for hydroxylation is 1. The molecule has 3 heterocycles. The van der Waals surface area contributed by atoms with E-state index in [1.807, 2.05) is 93.7 Å². The first-order valence-electron chi connectivity index (χ1n) is 23.4. The van der Waals surface area contributed by atoms with Crippen molar-refractivity contribution in [2.45, 2.75) is 97.4 Å². The Bertz CT molecular complexity index is 2270. The number of nitrogens with one attached hydrogen (secondary N) is 4. The fraction of sp³-hybridized carbons (Fsp3) is 0.531. The molecule has 0 radical (unpaired) electrons. The number of halogens is 1. The van der Waals surface area contributed by atoms with Crippen LogP contribution in [0.25, 0.3) is 10.4 Å². The first-order chi connectivity index (χ1) is 32.7. The molecule has 6 rings (SSSR count). The number of ether oxygens (including phenoxy) is 3. The first kappa shape index (κ1) is 52.2. The number of thiazole rings is 1. The Kier molecular flexibility index (Phi) is 19.5. The molecule has 2 aromatic heterocycles. The van der Waals surface area contributed by atoms with Gasteiger partial charge in [-0.05, 0) is 89.3 Å². The Morgan fingerprint density at radius 1 is 0.971 bits per heavy atom. The SMILES string of the molecule is Cc1ncsc1-c1ccc(CNC(=O)[C@@H]2C[C@@H](O)CN2C(=O)[C@@H](NC(=O)COCCCOCCCOc2ccc(Nc3ncc(Br)c(NCCCN(C)C(=O)C4CCC4)n3)cc2)C(C)(C)C)cc1.